The summed E-state index contributed by atoms with van der Waals surface area (Å²) in [7, 11) is 0. The minimum atomic E-state index is -0.934. The van der Waals surface area contributed by atoms with Crippen LogP contribution in [0, 0.1) is 11.6 Å². The molecule has 9 heteroatoms. The van der Waals surface area contributed by atoms with E-state index in [1.807, 2.05) is 0 Å². The van der Waals surface area contributed by atoms with Crippen molar-refractivity contribution < 1.29 is 23.0 Å². The summed E-state index contributed by atoms with van der Waals surface area (Å²) in [6.07, 6.45) is 2.73. The normalized spacial score (nSPS) is 31.2. The van der Waals surface area contributed by atoms with Crippen LogP contribution in [0.3, 0.4) is 0 Å². The van der Waals surface area contributed by atoms with Crippen LogP contribution in [-0.2, 0) is 9.53 Å². The van der Waals surface area contributed by atoms with Crippen molar-refractivity contribution in [3.05, 3.63) is 52.9 Å². The quantitative estimate of drug-likeness (QED) is 0.729. The molecule has 1 aromatic heterocycles. The molecule has 3 heterocycles. The predicted octanol–water partition coefficient (Wildman–Crippen LogP) is 3.41. The van der Waals surface area contributed by atoms with Crippen molar-refractivity contribution >= 4 is 17.5 Å². The van der Waals surface area contributed by atoms with Crippen LogP contribution in [0.5, 0.6) is 5.88 Å². The van der Waals surface area contributed by atoms with Crippen molar-refractivity contribution in [2.75, 3.05) is 0 Å². The molecule has 1 aromatic carbocycles. The van der Waals surface area contributed by atoms with Gasteiger partial charge in [-0.3, -0.25) is 4.79 Å². The van der Waals surface area contributed by atoms with Crippen LogP contribution in [0.2, 0.25) is 5.15 Å². The topological polar surface area (TPSA) is 64.6 Å². The summed E-state index contributed by atoms with van der Waals surface area (Å²) < 4.78 is 39.1. The molecule has 2 aromatic rings. The van der Waals surface area contributed by atoms with Crippen LogP contribution in [0.25, 0.3) is 0 Å². The maximum Gasteiger partial charge on any atom is 0.257 e. The van der Waals surface area contributed by atoms with Gasteiger partial charge in [0.15, 0.2) is 5.60 Å². The van der Waals surface area contributed by atoms with Crippen molar-refractivity contribution in [2.45, 2.75) is 49.7 Å². The first-order valence-electron chi connectivity index (χ1n) is 9.04. The fourth-order valence-electron chi connectivity index (χ4n) is 4.39. The Morgan fingerprint density at radius 2 is 1.89 bits per heavy atom. The summed E-state index contributed by atoms with van der Waals surface area (Å²) >= 11 is 5.82. The molecule has 6 nitrogen and oxygen atoms in total. The van der Waals surface area contributed by atoms with E-state index in [0.29, 0.717) is 37.1 Å². The Kier molecular flexibility index (Phi) is 4.03. The molecule has 1 amide bonds. The van der Waals surface area contributed by atoms with Gasteiger partial charge in [0.05, 0.1) is 6.04 Å². The lowest BCUT2D eigenvalue weighted by Gasteiger charge is -2.41. The zero-order valence-electron chi connectivity index (χ0n) is 14.6. The minimum absolute atomic E-state index is 0.148. The number of ether oxygens (including phenoxy) is 2. The van der Waals surface area contributed by atoms with E-state index in [-0.39, 0.29) is 29.4 Å². The number of fused-ring (bicyclic) bond motifs is 1. The van der Waals surface area contributed by atoms with Crippen LogP contribution < -0.4 is 4.74 Å². The average Bonchev–Trinajstić information content (AvgIpc) is 3.12. The van der Waals surface area contributed by atoms with Crippen molar-refractivity contribution in [2.24, 2.45) is 0 Å². The summed E-state index contributed by atoms with van der Waals surface area (Å²) in [5.74, 6) is -1.10. The van der Waals surface area contributed by atoms with Gasteiger partial charge >= 0.3 is 0 Å². The summed E-state index contributed by atoms with van der Waals surface area (Å²) in [6.45, 7) is 0. The Morgan fingerprint density at radius 1 is 1.14 bits per heavy atom. The van der Waals surface area contributed by atoms with E-state index < -0.39 is 17.2 Å². The van der Waals surface area contributed by atoms with Crippen LogP contribution in [0.15, 0.2) is 30.6 Å². The van der Waals surface area contributed by atoms with Crippen LogP contribution in [0.4, 0.5) is 8.78 Å². The highest BCUT2D eigenvalue weighted by atomic mass is 35.5. The second-order valence-corrected chi connectivity index (χ2v) is 7.79. The molecule has 0 radical (unpaired) electrons. The molecule has 1 aliphatic carbocycles. The number of halogens is 3. The molecule has 0 bridgehead atoms. The molecule has 3 aliphatic rings. The number of hydrogen-bond acceptors (Lipinski definition) is 5. The van der Waals surface area contributed by atoms with Gasteiger partial charge in [-0.2, -0.15) is 0 Å². The smallest absolute Gasteiger partial charge is 0.257 e. The number of benzene rings is 1. The molecule has 1 saturated carbocycles. The number of amides is 1. The first-order valence-corrected chi connectivity index (χ1v) is 9.42. The highest BCUT2D eigenvalue weighted by Crippen LogP contribution is 2.51. The van der Waals surface area contributed by atoms with Gasteiger partial charge in [-0.05, 0) is 30.5 Å². The second kappa shape index (κ2) is 6.35. The third-order valence-electron chi connectivity index (χ3n) is 5.60. The summed E-state index contributed by atoms with van der Waals surface area (Å²) in [4.78, 5) is 22.5. The number of hydrogen-bond donors (Lipinski definition) is 0. The third-order valence-corrected chi connectivity index (χ3v) is 5.81. The van der Waals surface area contributed by atoms with Crippen molar-refractivity contribution in [3.63, 3.8) is 0 Å². The Bertz CT molecular complexity index is 934. The van der Waals surface area contributed by atoms with Gasteiger partial charge in [0.1, 0.15) is 35.4 Å². The zero-order valence-corrected chi connectivity index (χ0v) is 15.4. The molecule has 28 heavy (non-hydrogen) atoms. The molecule has 146 valence electrons. The molecule has 2 saturated heterocycles. The monoisotopic (exact) mass is 407 g/mol. The number of nitrogens with zero attached hydrogens (tertiary/aromatic N) is 3. The largest absolute Gasteiger partial charge is 0.474 e. The number of aromatic nitrogens is 2. The van der Waals surface area contributed by atoms with Gasteiger partial charge in [0, 0.05) is 25.0 Å². The zero-order chi connectivity index (χ0) is 19.5. The molecular weight excluding hydrogens is 392 g/mol. The highest BCUT2D eigenvalue weighted by molar-refractivity contribution is 6.29. The van der Waals surface area contributed by atoms with E-state index in [9.17, 15) is 13.6 Å². The lowest BCUT2D eigenvalue weighted by atomic mass is 9.76. The molecule has 1 spiro atoms. The van der Waals surface area contributed by atoms with E-state index in [1.165, 1.54) is 24.5 Å². The van der Waals surface area contributed by atoms with E-state index in [4.69, 9.17) is 21.1 Å². The summed E-state index contributed by atoms with van der Waals surface area (Å²) in [5, 5.41) is 0.276. The average molecular weight is 408 g/mol. The first-order chi connectivity index (χ1) is 13.4. The molecule has 3 fully saturated rings. The van der Waals surface area contributed by atoms with Crippen molar-refractivity contribution in [1.29, 1.82) is 0 Å². The van der Waals surface area contributed by atoms with Gasteiger partial charge in [-0.1, -0.05) is 11.6 Å². The maximum absolute atomic E-state index is 13.6. The Labute approximate surface area is 164 Å². The van der Waals surface area contributed by atoms with E-state index >= 15 is 0 Å². The highest BCUT2D eigenvalue weighted by Gasteiger charge is 2.63. The van der Waals surface area contributed by atoms with Crippen LogP contribution in [-0.4, -0.2) is 38.7 Å². The van der Waals surface area contributed by atoms with Crippen LogP contribution >= 0.6 is 11.6 Å². The molecule has 0 unspecified atom stereocenters. The number of rotatable bonds is 3. The Morgan fingerprint density at radius 3 is 2.61 bits per heavy atom. The molecule has 0 N–H and O–H groups in total. The summed E-state index contributed by atoms with van der Waals surface area (Å²) in [5.41, 5.74) is -0.479. The van der Waals surface area contributed by atoms with Gasteiger partial charge < -0.3 is 14.4 Å². The van der Waals surface area contributed by atoms with Crippen LogP contribution in [0.1, 0.15) is 37.3 Å². The number of carbonyl (C=O) groups is 1. The minimum Gasteiger partial charge on any atom is -0.474 e. The maximum atomic E-state index is 13.6. The Hall–Kier alpha value is -2.32. The van der Waals surface area contributed by atoms with Crippen molar-refractivity contribution in [1.82, 2.24) is 14.9 Å². The standard InChI is InChI=1S/C19H16ClF2N3O3/c20-15-6-16(24-9-23-15)27-13-7-19(8-13)18(26)25-14(1-2-17(25)28-19)10-3-11(21)5-12(22)4-10/h3-6,9,13-14,17H,1-2,7-8H2/t13?,14-,17+,19?/m0/s1. The SMILES string of the molecule is O=C1N2[C@@H](CC[C@H]2c2cc(F)cc(F)c2)OC12CC(Oc1cc(Cl)ncn1)C2. The third kappa shape index (κ3) is 2.82. The van der Waals surface area contributed by atoms with E-state index in [0.717, 1.165) is 6.07 Å². The van der Waals surface area contributed by atoms with Gasteiger partial charge in [0.2, 0.25) is 5.88 Å². The van der Waals surface area contributed by atoms with E-state index in [2.05, 4.69) is 9.97 Å². The van der Waals surface area contributed by atoms with Gasteiger partial charge in [-0.25, -0.2) is 18.7 Å². The predicted molar refractivity (Wildman–Crippen MR) is 93.5 cm³/mol. The fourth-order valence-corrected chi connectivity index (χ4v) is 4.53. The molecule has 5 rings (SSSR count). The second-order valence-electron chi connectivity index (χ2n) is 7.40. The van der Waals surface area contributed by atoms with E-state index in [1.54, 1.807) is 4.90 Å². The number of carbonyl (C=O) groups excluding carboxylic acids is 1. The lowest BCUT2D eigenvalue weighted by molar-refractivity contribution is -0.162. The first kappa shape index (κ1) is 17.8. The van der Waals surface area contributed by atoms with Gasteiger partial charge in [0.25, 0.3) is 5.91 Å². The fraction of sp³-hybridized carbons (Fsp3) is 0.421. The lowest BCUT2D eigenvalue weighted by Crippen LogP contribution is -2.56. The van der Waals surface area contributed by atoms with Crippen molar-refractivity contribution in [3.8, 4) is 5.88 Å². The Balaban J connectivity index is 1.31. The van der Waals surface area contributed by atoms with Gasteiger partial charge in [-0.15, -0.1) is 0 Å². The molecular formula is C19H16ClF2N3O3. The summed E-state index contributed by atoms with van der Waals surface area (Å²) in [6, 6.07) is 4.51. The molecule has 2 aliphatic heterocycles. The molecule has 2 atom stereocenters.